The number of carboxylic acids is 1. The van der Waals surface area contributed by atoms with Gasteiger partial charge in [-0.05, 0) is 32.1 Å². The topological polar surface area (TPSA) is 86.6 Å². The van der Waals surface area contributed by atoms with Gasteiger partial charge in [0.1, 0.15) is 6.04 Å². The first-order chi connectivity index (χ1) is 12.6. The zero-order chi connectivity index (χ0) is 19.5. The van der Waals surface area contributed by atoms with Crippen LogP contribution >= 0.6 is 0 Å². The summed E-state index contributed by atoms with van der Waals surface area (Å²) in [4.78, 5) is 22.3. The molecule has 152 valence electrons. The smallest absolute Gasteiger partial charge is 0.328 e. The van der Waals surface area contributed by atoms with Crippen molar-refractivity contribution < 1.29 is 19.8 Å². The second-order valence-corrected chi connectivity index (χ2v) is 6.98. The van der Waals surface area contributed by atoms with Gasteiger partial charge in [0.15, 0.2) is 0 Å². The zero-order valence-electron chi connectivity index (χ0n) is 16.5. The molecule has 5 nitrogen and oxygen atoms in total. The number of rotatable bonds is 18. The van der Waals surface area contributed by atoms with E-state index in [4.69, 9.17) is 10.2 Å². The third kappa shape index (κ3) is 16.1. The first-order valence-electron chi connectivity index (χ1n) is 10.4. The van der Waals surface area contributed by atoms with Gasteiger partial charge in [0.05, 0.1) is 6.61 Å². The SMILES string of the molecule is CCCCCCCCC=CCCCCCCCC(=O)NC(CO)C(=O)O. The lowest BCUT2D eigenvalue weighted by Crippen LogP contribution is -2.43. The summed E-state index contributed by atoms with van der Waals surface area (Å²) in [6, 6.07) is -1.19. The lowest BCUT2D eigenvalue weighted by atomic mass is 10.1. The monoisotopic (exact) mass is 369 g/mol. The fourth-order valence-electron chi connectivity index (χ4n) is 2.81. The number of amides is 1. The number of nitrogens with one attached hydrogen (secondary N) is 1. The number of aliphatic carboxylic acids is 1. The van der Waals surface area contributed by atoms with E-state index in [0.717, 1.165) is 32.1 Å². The number of unbranched alkanes of at least 4 members (excludes halogenated alkanes) is 11. The van der Waals surface area contributed by atoms with E-state index in [2.05, 4.69) is 24.4 Å². The Hall–Kier alpha value is -1.36. The molecule has 1 atom stereocenters. The minimum atomic E-state index is -1.20. The molecule has 0 aromatic rings. The second-order valence-electron chi connectivity index (χ2n) is 6.98. The van der Waals surface area contributed by atoms with Crippen LogP contribution in [0.4, 0.5) is 0 Å². The summed E-state index contributed by atoms with van der Waals surface area (Å²) in [5, 5.41) is 19.9. The van der Waals surface area contributed by atoms with Gasteiger partial charge >= 0.3 is 5.97 Å². The number of carbonyl (C=O) groups is 2. The van der Waals surface area contributed by atoms with Crippen LogP contribution in [0.15, 0.2) is 12.2 Å². The summed E-state index contributed by atoms with van der Waals surface area (Å²) in [6.45, 7) is 1.67. The molecule has 0 fully saturated rings. The number of carbonyl (C=O) groups excluding carboxylic acids is 1. The molecule has 26 heavy (non-hydrogen) atoms. The van der Waals surface area contributed by atoms with Crippen molar-refractivity contribution >= 4 is 11.9 Å². The molecule has 0 aliphatic rings. The Morgan fingerprint density at radius 1 is 0.846 bits per heavy atom. The minimum Gasteiger partial charge on any atom is -0.480 e. The second kappa shape index (κ2) is 18.4. The molecule has 0 saturated heterocycles. The predicted octanol–water partition coefficient (Wildman–Crippen LogP) is 4.59. The summed E-state index contributed by atoms with van der Waals surface area (Å²) in [7, 11) is 0. The Balaban J connectivity index is 3.36. The molecule has 0 rings (SSSR count). The average molecular weight is 370 g/mol. The Bertz CT molecular complexity index is 382. The highest BCUT2D eigenvalue weighted by Crippen LogP contribution is 2.10. The van der Waals surface area contributed by atoms with Crippen molar-refractivity contribution in [1.29, 1.82) is 0 Å². The molecular weight excluding hydrogens is 330 g/mol. The molecule has 0 aromatic carbocycles. The molecule has 0 aromatic heterocycles. The Labute approximate surface area is 159 Å². The van der Waals surface area contributed by atoms with Crippen LogP contribution in [0.5, 0.6) is 0 Å². The van der Waals surface area contributed by atoms with E-state index in [1.54, 1.807) is 0 Å². The Morgan fingerprint density at radius 2 is 1.35 bits per heavy atom. The zero-order valence-corrected chi connectivity index (χ0v) is 16.5. The molecule has 3 N–H and O–H groups in total. The van der Waals surface area contributed by atoms with Crippen molar-refractivity contribution in [2.24, 2.45) is 0 Å². The largest absolute Gasteiger partial charge is 0.480 e. The van der Waals surface area contributed by atoms with Gasteiger partial charge in [0, 0.05) is 6.42 Å². The number of hydrogen-bond acceptors (Lipinski definition) is 3. The number of carboxylic acid groups (broad SMARTS) is 1. The molecule has 0 heterocycles. The first-order valence-corrected chi connectivity index (χ1v) is 10.4. The fourth-order valence-corrected chi connectivity index (χ4v) is 2.81. The summed E-state index contributed by atoms with van der Waals surface area (Å²) in [5.74, 6) is -1.51. The maximum absolute atomic E-state index is 11.6. The maximum atomic E-state index is 11.6. The van der Waals surface area contributed by atoms with Crippen LogP contribution in [-0.4, -0.2) is 34.7 Å². The van der Waals surface area contributed by atoms with E-state index < -0.39 is 18.6 Å². The van der Waals surface area contributed by atoms with E-state index >= 15 is 0 Å². The summed E-state index contributed by atoms with van der Waals surface area (Å²) in [6.07, 6.45) is 20.5. The molecular formula is C21H39NO4. The van der Waals surface area contributed by atoms with Gasteiger partial charge in [-0.3, -0.25) is 4.79 Å². The van der Waals surface area contributed by atoms with Crippen LogP contribution in [0, 0.1) is 0 Å². The van der Waals surface area contributed by atoms with Crippen molar-refractivity contribution in [2.75, 3.05) is 6.61 Å². The van der Waals surface area contributed by atoms with E-state index in [1.807, 2.05) is 0 Å². The Morgan fingerprint density at radius 3 is 1.85 bits per heavy atom. The highest BCUT2D eigenvalue weighted by Gasteiger charge is 2.17. The number of allylic oxidation sites excluding steroid dienone is 2. The van der Waals surface area contributed by atoms with Crippen molar-refractivity contribution in [1.82, 2.24) is 5.32 Å². The molecule has 0 aliphatic carbocycles. The fraction of sp³-hybridized carbons (Fsp3) is 0.810. The normalized spacial score (nSPS) is 12.4. The van der Waals surface area contributed by atoms with Gasteiger partial charge in [-0.2, -0.15) is 0 Å². The molecule has 0 spiro atoms. The number of aliphatic hydroxyl groups excluding tert-OH is 1. The average Bonchev–Trinajstić information content (AvgIpc) is 2.62. The highest BCUT2D eigenvalue weighted by atomic mass is 16.4. The Kier molecular flexibility index (Phi) is 17.5. The third-order valence-electron chi connectivity index (χ3n) is 4.48. The maximum Gasteiger partial charge on any atom is 0.328 e. The van der Waals surface area contributed by atoms with Gasteiger partial charge in [-0.1, -0.05) is 70.4 Å². The molecule has 0 radical (unpaired) electrons. The van der Waals surface area contributed by atoms with E-state index in [-0.39, 0.29) is 5.91 Å². The standard InChI is InChI=1S/C21H39NO4/c1-2-3-4-5-6-7-8-9-10-11-12-13-14-15-16-17-20(24)22-19(18-23)21(25)26/h9-10,19,23H,2-8,11-18H2,1H3,(H,22,24)(H,25,26). The van der Waals surface area contributed by atoms with Crippen LogP contribution in [0.2, 0.25) is 0 Å². The summed E-state index contributed by atoms with van der Waals surface area (Å²) < 4.78 is 0. The van der Waals surface area contributed by atoms with Crippen LogP contribution in [0.1, 0.15) is 96.8 Å². The third-order valence-corrected chi connectivity index (χ3v) is 4.48. The van der Waals surface area contributed by atoms with Crippen molar-refractivity contribution in [3.63, 3.8) is 0 Å². The van der Waals surface area contributed by atoms with Crippen LogP contribution < -0.4 is 5.32 Å². The molecule has 0 bridgehead atoms. The summed E-state index contributed by atoms with van der Waals surface area (Å²) >= 11 is 0. The van der Waals surface area contributed by atoms with Crippen LogP contribution in [0.3, 0.4) is 0 Å². The molecule has 1 amide bonds. The molecule has 1 unspecified atom stereocenters. The predicted molar refractivity (Wildman–Crippen MR) is 106 cm³/mol. The highest BCUT2D eigenvalue weighted by molar-refractivity contribution is 5.83. The van der Waals surface area contributed by atoms with E-state index in [9.17, 15) is 9.59 Å². The van der Waals surface area contributed by atoms with Gasteiger partial charge in [0.2, 0.25) is 5.91 Å². The summed E-state index contributed by atoms with van der Waals surface area (Å²) in [5.41, 5.74) is 0. The molecule has 0 saturated carbocycles. The van der Waals surface area contributed by atoms with Crippen molar-refractivity contribution in [3.05, 3.63) is 12.2 Å². The van der Waals surface area contributed by atoms with Gasteiger partial charge in [-0.15, -0.1) is 0 Å². The van der Waals surface area contributed by atoms with Crippen LogP contribution in [-0.2, 0) is 9.59 Å². The quantitative estimate of drug-likeness (QED) is 0.244. The van der Waals surface area contributed by atoms with Crippen molar-refractivity contribution in [2.45, 2.75) is 103 Å². The lowest BCUT2D eigenvalue weighted by molar-refractivity contribution is -0.142. The molecule has 5 heteroatoms. The lowest BCUT2D eigenvalue weighted by Gasteiger charge is -2.11. The van der Waals surface area contributed by atoms with Crippen LogP contribution in [0.25, 0.3) is 0 Å². The number of aliphatic hydroxyl groups is 1. The van der Waals surface area contributed by atoms with Gasteiger partial charge < -0.3 is 15.5 Å². The number of hydrogen-bond donors (Lipinski definition) is 3. The van der Waals surface area contributed by atoms with Gasteiger partial charge in [-0.25, -0.2) is 4.79 Å². The minimum absolute atomic E-state index is 0.302. The molecule has 0 aliphatic heterocycles. The van der Waals surface area contributed by atoms with E-state index in [1.165, 1.54) is 51.4 Å². The van der Waals surface area contributed by atoms with E-state index in [0.29, 0.717) is 6.42 Å². The van der Waals surface area contributed by atoms with Gasteiger partial charge in [0.25, 0.3) is 0 Å². The first kappa shape index (κ1) is 24.6. The van der Waals surface area contributed by atoms with Crippen molar-refractivity contribution in [3.8, 4) is 0 Å².